The molecule has 1 aliphatic rings. The van der Waals surface area contributed by atoms with Gasteiger partial charge in [0.25, 0.3) is 0 Å². The second-order valence-corrected chi connectivity index (χ2v) is 8.49. The van der Waals surface area contributed by atoms with Gasteiger partial charge in [0.05, 0.1) is 23.8 Å². The number of hydrogen-bond acceptors (Lipinski definition) is 5. The van der Waals surface area contributed by atoms with Gasteiger partial charge in [-0.1, -0.05) is 18.2 Å². The van der Waals surface area contributed by atoms with Crippen molar-refractivity contribution in [3.8, 4) is 0 Å². The lowest BCUT2D eigenvalue weighted by Gasteiger charge is -2.24. The molecule has 1 aromatic heterocycles. The largest absolute Gasteiger partial charge is 0.416 e. The van der Waals surface area contributed by atoms with Gasteiger partial charge in [-0.2, -0.15) is 18.3 Å². The number of hydrogen-bond donors (Lipinski definition) is 2. The van der Waals surface area contributed by atoms with Crippen LogP contribution in [0.4, 0.5) is 29.1 Å². The third-order valence-electron chi connectivity index (χ3n) is 6.16. The molecule has 1 aliphatic heterocycles. The molecular weight excluding hydrogens is 470 g/mol. The molecule has 0 radical (unpaired) electrons. The van der Waals surface area contributed by atoms with Crippen molar-refractivity contribution in [3.05, 3.63) is 58.8 Å². The molecule has 10 heteroatoms. The molecule has 2 heterocycles. The smallest absolute Gasteiger partial charge is 0.367 e. The van der Waals surface area contributed by atoms with Gasteiger partial charge in [0.15, 0.2) is 5.82 Å². The Morgan fingerprint density at radius 2 is 1.88 bits per heavy atom. The van der Waals surface area contributed by atoms with Gasteiger partial charge in [-0.3, -0.25) is 0 Å². The maximum absolute atomic E-state index is 14.1. The van der Waals surface area contributed by atoms with Gasteiger partial charge in [0, 0.05) is 36.1 Å². The van der Waals surface area contributed by atoms with E-state index in [1.807, 2.05) is 30.0 Å². The maximum Gasteiger partial charge on any atom is 0.416 e. The Morgan fingerprint density at radius 1 is 1.12 bits per heavy atom. The molecule has 1 fully saturated rings. The van der Waals surface area contributed by atoms with E-state index < -0.39 is 24.0 Å². The molecule has 2 atom stereocenters. The van der Waals surface area contributed by atoms with Crippen molar-refractivity contribution >= 4 is 34.7 Å². The summed E-state index contributed by atoms with van der Waals surface area (Å²) >= 11 is 0. The topological polar surface area (TPSA) is 53.1 Å². The Kier molecular flexibility index (Phi) is 7.88. The molecule has 0 aliphatic carbocycles. The van der Waals surface area contributed by atoms with Crippen LogP contribution in [0.25, 0.3) is 10.8 Å². The van der Waals surface area contributed by atoms with Gasteiger partial charge in [0.1, 0.15) is 6.17 Å². The molecule has 0 amide bonds. The maximum atomic E-state index is 14.1. The minimum atomic E-state index is -4.42. The fraction of sp³-hybridized carbons (Fsp3) is 0.417. The zero-order valence-corrected chi connectivity index (χ0v) is 20.0. The van der Waals surface area contributed by atoms with Crippen LogP contribution in [0, 0.1) is 13.8 Å². The molecule has 34 heavy (non-hydrogen) atoms. The van der Waals surface area contributed by atoms with Crippen molar-refractivity contribution in [1.29, 1.82) is 0 Å². The highest BCUT2D eigenvalue weighted by Gasteiger charge is 2.33. The van der Waals surface area contributed by atoms with Crippen molar-refractivity contribution in [1.82, 2.24) is 15.5 Å². The lowest BCUT2D eigenvalue weighted by molar-refractivity contribution is -0.138. The number of aromatic nitrogens is 2. The minimum absolute atomic E-state index is 0. The monoisotopic (exact) mass is 497 g/mol. The van der Waals surface area contributed by atoms with Crippen molar-refractivity contribution in [3.63, 3.8) is 0 Å². The zero-order chi connectivity index (χ0) is 23.8. The van der Waals surface area contributed by atoms with Crippen LogP contribution in [-0.2, 0) is 6.18 Å². The molecule has 5 nitrogen and oxygen atoms in total. The predicted octanol–water partition coefficient (Wildman–Crippen LogP) is 5.61. The van der Waals surface area contributed by atoms with E-state index in [1.165, 1.54) is 13.0 Å². The van der Waals surface area contributed by atoms with Crippen LogP contribution in [0.2, 0.25) is 0 Å². The van der Waals surface area contributed by atoms with Gasteiger partial charge in [-0.15, -0.1) is 17.5 Å². The van der Waals surface area contributed by atoms with Gasteiger partial charge < -0.3 is 15.5 Å². The van der Waals surface area contributed by atoms with E-state index in [2.05, 4.69) is 20.8 Å². The Balaban J connectivity index is 0.00000324. The van der Waals surface area contributed by atoms with Gasteiger partial charge in [-0.05, 0) is 50.1 Å². The first-order chi connectivity index (χ1) is 15.6. The predicted molar refractivity (Wildman–Crippen MR) is 130 cm³/mol. The van der Waals surface area contributed by atoms with E-state index >= 15 is 0 Å². The van der Waals surface area contributed by atoms with E-state index in [9.17, 15) is 17.6 Å². The van der Waals surface area contributed by atoms with E-state index in [-0.39, 0.29) is 18.0 Å². The quantitative estimate of drug-likeness (QED) is 0.459. The SMILES string of the molecule is Cc1c(C(C)Nc2nnc(C)c3ccc(N4CCNC[C@@H](F)C4)cc23)cccc1C(F)(F)F.Cl. The first-order valence-corrected chi connectivity index (χ1v) is 10.9. The number of halogens is 5. The van der Waals surface area contributed by atoms with Gasteiger partial charge in [-0.25, -0.2) is 4.39 Å². The molecular formula is C24H28ClF4N5. The summed E-state index contributed by atoms with van der Waals surface area (Å²) in [6, 6.07) is 9.58. The fourth-order valence-electron chi connectivity index (χ4n) is 4.39. The summed E-state index contributed by atoms with van der Waals surface area (Å²) < 4.78 is 54.2. The Labute approximate surface area is 202 Å². The highest BCUT2D eigenvalue weighted by molar-refractivity contribution is 5.95. The van der Waals surface area contributed by atoms with Crippen molar-refractivity contribution in [2.45, 2.75) is 39.2 Å². The second kappa shape index (κ2) is 10.3. The number of anilines is 2. The number of aryl methyl sites for hydroxylation is 1. The van der Waals surface area contributed by atoms with Crippen LogP contribution in [-0.4, -0.2) is 42.5 Å². The summed E-state index contributed by atoms with van der Waals surface area (Å²) in [5.41, 5.74) is 1.68. The summed E-state index contributed by atoms with van der Waals surface area (Å²) in [5.74, 6) is 0.478. The van der Waals surface area contributed by atoms with Crippen LogP contribution in [0.1, 0.15) is 35.3 Å². The Hall–Kier alpha value is -2.65. The highest BCUT2D eigenvalue weighted by Crippen LogP contribution is 2.36. The average Bonchev–Trinajstić information content (AvgIpc) is 2.99. The average molecular weight is 498 g/mol. The van der Waals surface area contributed by atoms with Crippen LogP contribution in [0.5, 0.6) is 0 Å². The lowest BCUT2D eigenvalue weighted by Crippen LogP contribution is -2.30. The van der Waals surface area contributed by atoms with E-state index in [0.29, 0.717) is 37.6 Å². The standard InChI is InChI=1S/C24H27F4N5.ClH/c1-14-19(5-4-6-22(14)24(26,27)28)15(2)30-23-21-11-18(7-8-20(21)16(3)31-32-23)33-10-9-29-12-17(25)13-33;/h4-8,11,15,17,29H,9-10,12-13H2,1-3H3,(H,30,32);1H/t15?,17-;/m1./s1. The van der Waals surface area contributed by atoms with Crippen LogP contribution >= 0.6 is 12.4 Å². The zero-order valence-electron chi connectivity index (χ0n) is 19.2. The minimum Gasteiger partial charge on any atom is -0.367 e. The highest BCUT2D eigenvalue weighted by atomic mass is 35.5. The van der Waals surface area contributed by atoms with Gasteiger partial charge >= 0.3 is 6.18 Å². The summed E-state index contributed by atoms with van der Waals surface area (Å²) in [6.45, 7) is 7.11. The molecule has 184 valence electrons. The molecule has 1 unspecified atom stereocenters. The number of nitrogens with zero attached hydrogens (tertiary/aromatic N) is 3. The van der Waals surface area contributed by atoms with Crippen molar-refractivity contribution in [2.75, 3.05) is 36.4 Å². The lowest BCUT2D eigenvalue weighted by atomic mass is 9.97. The van der Waals surface area contributed by atoms with E-state index in [1.54, 1.807) is 13.0 Å². The van der Waals surface area contributed by atoms with Crippen LogP contribution in [0.3, 0.4) is 0 Å². The van der Waals surface area contributed by atoms with E-state index in [4.69, 9.17) is 0 Å². The van der Waals surface area contributed by atoms with Crippen molar-refractivity contribution in [2.24, 2.45) is 0 Å². The van der Waals surface area contributed by atoms with Gasteiger partial charge in [0.2, 0.25) is 0 Å². The number of rotatable bonds is 4. The molecule has 4 rings (SSSR count). The number of fused-ring (bicyclic) bond motifs is 1. The number of benzene rings is 2. The van der Waals surface area contributed by atoms with E-state index in [0.717, 1.165) is 28.2 Å². The number of alkyl halides is 4. The van der Waals surface area contributed by atoms with Crippen LogP contribution < -0.4 is 15.5 Å². The third kappa shape index (κ3) is 5.36. The summed E-state index contributed by atoms with van der Waals surface area (Å²) in [5, 5.41) is 16.6. The Morgan fingerprint density at radius 3 is 2.62 bits per heavy atom. The Bertz CT molecular complexity index is 1150. The van der Waals surface area contributed by atoms with Crippen molar-refractivity contribution < 1.29 is 17.6 Å². The number of nitrogens with one attached hydrogen (secondary N) is 2. The molecule has 0 spiro atoms. The molecule has 2 aromatic carbocycles. The summed E-state index contributed by atoms with van der Waals surface area (Å²) in [7, 11) is 0. The fourth-order valence-corrected chi connectivity index (χ4v) is 4.39. The molecule has 2 N–H and O–H groups in total. The normalized spacial score (nSPS) is 17.7. The molecule has 3 aromatic rings. The second-order valence-electron chi connectivity index (χ2n) is 8.49. The molecule has 0 bridgehead atoms. The first-order valence-electron chi connectivity index (χ1n) is 10.9. The summed E-state index contributed by atoms with van der Waals surface area (Å²) in [4.78, 5) is 1.99. The molecule has 0 saturated carbocycles. The van der Waals surface area contributed by atoms with Crippen LogP contribution in [0.15, 0.2) is 36.4 Å². The third-order valence-corrected chi connectivity index (χ3v) is 6.16. The first kappa shape index (κ1) is 26.0. The summed E-state index contributed by atoms with van der Waals surface area (Å²) in [6.07, 6.45) is -5.39. The molecule has 1 saturated heterocycles.